The molecule has 2 heterocycles. The lowest BCUT2D eigenvalue weighted by atomic mass is 9.89. The molecule has 1 aromatic rings. The van der Waals surface area contributed by atoms with Crippen LogP contribution in [0, 0.1) is 5.92 Å². The lowest BCUT2D eigenvalue weighted by Gasteiger charge is -2.37. The van der Waals surface area contributed by atoms with Crippen molar-refractivity contribution in [1.82, 2.24) is 14.1 Å². The Kier molecular flexibility index (Phi) is 8.01. The number of sulfonamides is 1. The molecule has 9 heteroatoms. The number of rotatable bonds is 5. The monoisotopic (exact) mass is 497 g/mol. The van der Waals surface area contributed by atoms with Crippen molar-refractivity contribution in [2.24, 2.45) is 5.92 Å². The third kappa shape index (κ3) is 5.90. The van der Waals surface area contributed by atoms with Gasteiger partial charge in [0.15, 0.2) is 0 Å². The molecule has 0 N–H and O–H groups in total. The van der Waals surface area contributed by atoms with Crippen LogP contribution in [-0.2, 0) is 14.8 Å². The van der Waals surface area contributed by atoms with Crippen LogP contribution in [0.25, 0.3) is 0 Å². The smallest absolute Gasteiger partial charge is 0.253 e. The summed E-state index contributed by atoms with van der Waals surface area (Å²) in [6, 6.07) is 4.59. The molecule has 1 aliphatic carbocycles. The van der Waals surface area contributed by atoms with Gasteiger partial charge in [-0.3, -0.25) is 9.69 Å². The summed E-state index contributed by atoms with van der Waals surface area (Å²) < 4.78 is 33.8. The van der Waals surface area contributed by atoms with Crippen LogP contribution < -0.4 is 0 Å². The fourth-order valence-electron chi connectivity index (χ4n) is 5.35. The van der Waals surface area contributed by atoms with Crippen LogP contribution in [0.15, 0.2) is 23.1 Å². The summed E-state index contributed by atoms with van der Waals surface area (Å²) >= 11 is 6.31. The number of hydrogen-bond donors (Lipinski definition) is 0. The Bertz CT molecular complexity index is 933. The molecule has 2 unspecified atom stereocenters. The van der Waals surface area contributed by atoms with Gasteiger partial charge in [-0.1, -0.05) is 30.9 Å². The van der Waals surface area contributed by atoms with Crippen molar-refractivity contribution in [3.05, 3.63) is 28.8 Å². The molecule has 184 valence electrons. The van der Waals surface area contributed by atoms with E-state index in [1.807, 2.05) is 18.7 Å². The molecular weight excluding hydrogens is 462 g/mol. The number of ether oxygens (including phenoxy) is 1. The van der Waals surface area contributed by atoms with E-state index in [4.69, 9.17) is 16.3 Å². The van der Waals surface area contributed by atoms with Crippen molar-refractivity contribution in [2.45, 2.75) is 63.1 Å². The van der Waals surface area contributed by atoms with Crippen LogP contribution >= 0.6 is 11.6 Å². The molecule has 0 spiro atoms. The minimum atomic E-state index is -3.83. The molecule has 1 saturated carbocycles. The maximum Gasteiger partial charge on any atom is 0.253 e. The summed E-state index contributed by atoms with van der Waals surface area (Å²) in [5.41, 5.74) is 0.369. The van der Waals surface area contributed by atoms with E-state index < -0.39 is 10.0 Å². The Morgan fingerprint density at radius 2 is 1.67 bits per heavy atom. The van der Waals surface area contributed by atoms with Gasteiger partial charge in [-0.25, -0.2) is 8.42 Å². The molecule has 33 heavy (non-hydrogen) atoms. The number of amides is 1. The predicted octanol–water partition coefficient (Wildman–Crippen LogP) is 3.48. The maximum atomic E-state index is 13.3. The highest BCUT2D eigenvalue weighted by Gasteiger charge is 2.34. The van der Waals surface area contributed by atoms with E-state index in [2.05, 4.69) is 4.90 Å². The molecule has 1 aromatic carbocycles. The minimum absolute atomic E-state index is 0.00717. The number of benzene rings is 1. The molecule has 4 rings (SSSR count). The third-order valence-electron chi connectivity index (χ3n) is 7.08. The number of carbonyl (C=O) groups is 1. The standard InChI is InChI=1S/C24H36ClN3O4S/c1-18-15-28(16-19(2)32-18)33(30,31)23-14-21(8-9-22(23)25)24(29)27-12-10-26(11-13-27)17-20-6-4-3-5-7-20/h8-9,14,18-20H,3-7,10-13,15-17H2,1-2H3. The molecular formula is C24H36ClN3O4S. The first-order valence-electron chi connectivity index (χ1n) is 12.2. The summed E-state index contributed by atoms with van der Waals surface area (Å²) in [5, 5.41) is 0.135. The molecule has 3 fully saturated rings. The van der Waals surface area contributed by atoms with Crippen LogP contribution in [0.3, 0.4) is 0 Å². The van der Waals surface area contributed by atoms with Crippen LogP contribution in [0.4, 0.5) is 0 Å². The summed E-state index contributed by atoms with van der Waals surface area (Å²) in [6.07, 6.45) is 6.29. The number of nitrogens with zero attached hydrogens (tertiary/aromatic N) is 3. The van der Waals surface area contributed by atoms with Gasteiger partial charge in [0.25, 0.3) is 5.91 Å². The summed E-state index contributed by atoms with van der Waals surface area (Å²) in [4.78, 5) is 17.5. The highest BCUT2D eigenvalue weighted by Crippen LogP contribution is 2.29. The molecule has 1 amide bonds. The SMILES string of the molecule is CC1CN(S(=O)(=O)c2cc(C(=O)N3CCN(CC4CCCCC4)CC3)ccc2Cl)CC(C)O1. The predicted molar refractivity (Wildman–Crippen MR) is 129 cm³/mol. The Hall–Kier alpha value is -1.19. The van der Waals surface area contributed by atoms with Gasteiger partial charge in [-0.05, 0) is 50.8 Å². The van der Waals surface area contributed by atoms with Crippen molar-refractivity contribution < 1.29 is 17.9 Å². The van der Waals surface area contributed by atoms with Gasteiger partial charge in [0.05, 0.1) is 17.2 Å². The lowest BCUT2D eigenvalue weighted by molar-refractivity contribution is -0.0440. The molecule has 3 aliphatic rings. The van der Waals surface area contributed by atoms with E-state index in [0.29, 0.717) is 18.7 Å². The largest absolute Gasteiger partial charge is 0.373 e. The number of morpholine rings is 1. The van der Waals surface area contributed by atoms with Crippen molar-refractivity contribution in [1.29, 1.82) is 0 Å². The van der Waals surface area contributed by atoms with E-state index >= 15 is 0 Å². The van der Waals surface area contributed by atoms with E-state index in [9.17, 15) is 13.2 Å². The topological polar surface area (TPSA) is 70.2 Å². The molecule has 7 nitrogen and oxygen atoms in total. The van der Waals surface area contributed by atoms with E-state index in [1.54, 1.807) is 6.07 Å². The Morgan fingerprint density at radius 3 is 2.30 bits per heavy atom. The average Bonchev–Trinajstić information content (AvgIpc) is 2.79. The van der Waals surface area contributed by atoms with Crippen LogP contribution in [0.2, 0.25) is 5.02 Å². The molecule has 0 radical (unpaired) electrons. The first kappa shape index (κ1) is 24.9. The molecule has 0 bridgehead atoms. The Morgan fingerprint density at radius 1 is 1.03 bits per heavy atom. The van der Waals surface area contributed by atoms with E-state index in [0.717, 1.165) is 25.6 Å². The third-order valence-corrected chi connectivity index (χ3v) is 9.40. The Balaban J connectivity index is 1.42. The van der Waals surface area contributed by atoms with Gasteiger partial charge in [0, 0.05) is 51.4 Å². The first-order chi connectivity index (χ1) is 15.7. The van der Waals surface area contributed by atoms with Crippen LogP contribution in [0.5, 0.6) is 0 Å². The summed E-state index contributed by atoms with van der Waals surface area (Å²) in [6.45, 7) is 8.43. The lowest BCUT2D eigenvalue weighted by Crippen LogP contribution is -2.50. The second kappa shape index (κ2) is 10.6. The summed E-state index contributed by atoms with van der Waals surface area (Å²) in [7, 11) is -3.83. The van der Waals surface area contributed by atoms with Crippen molar-refractivity contribution in [2.75, 3.05) is 45.8 Å². The molecule has 2 saturated heterocycles. The zero-order valence-corrected chi connectivity index (χ0v) is 21.3. The van der Waals surface area contributed by atoms with E-state index in [-0.39, 0.29) is 41.1 Å². The first-order valence-corrected chi connectivity index (χ1v) is 14.0. The average molecular weight is 498 g/mol. The quantitative estimate of drug-likeness (QED) is 0.623. The zero-order chi connectivity index (χ0) is 23.6. The van der Waals surface area contributed by atoms with E-state index in [1.165, 1.54) is 48.5 Å². The van der Waals surface area contributed by atoms with Gasteiger partial charge in [0.1, 0.15) is 4.90 Å². The highest BCUT2D eigenvalue weighted by atomic mass is 35.5. The van der Waals surface area contributed by atoms with Crippen molar-refractivity contribution in [3.63, 3.8) is 0 Å². The van der Waals surface area contributed by atoms with Gasteiger partial charge < -0.3 is 9.64 Å². The number of halogens is 1. The van der Waals surface area contributed by atoms with Gasteiger partial charge >= 0.3 is 0 Å². The van der Waals surface area contributed by atoms with Gasteiger partial charge in [0.2, 0.25) is 10.0 Å². The molecule has 0 aromatic heterocycles. The fourth-order valence-corrected chi connectivity index (χ4v) is 7.44. The number of piperazine rings is 1. The number of carbonyl (C=O) groups excluding carboxylic acids is 1. The summed E-state index contributed by atoms with van der Waals surface area (Å²) in [5.74, 6) is 0.653. The second-order valence-electron chi connectivity index (χ2n) is 9.82. The second-order valence-corrected chi connectivity index (χ2v) is 12.1. The zero-order valence-electron chi connectivity index (χ0n) is 19.7. The number of hydrogen-bond acceptors (Lipinski definition) is 5. The minimum Gasteiger partial charge on any atom is -0.373 e. The maximum absolute atomic E-state index is 13.3. The van der Waals surface area contributed by atoms with Crippen molar-refractivity contribution >= 4 is 27.5 Å². The van der Waals surface area contributed by atoms with Gasteiger partial charge in [-0.2, -0.15) is 4.31 Å². The van der Waals surface area contributed by atoms with Crippen molar-refractivity contribution in [3.8, 4) is 0 Å². The van der Waals surface area contributed by atoms with Gasteiger partial charge in [-0.15, -0.1) is 0 Å². The Labute approximate surface area is 203 Å². The van der Waals surface area contributed by atoms with Crippen LogP contribution in [-0.4, -0.2) is 86.5 Å². The van der Waals surface area contributed by atoms with Crippen LogP contribution in [0.1, 0.15) is 56.3 Å². The molecule has 2 aliphatic heterocycles. The highest BCUT2D eigenvalue weighted by molar-refractivity contribution is 7.89. The normalized spacial score (nSPS) is 26.5. The molecule has 2 atom stereocenters. The fraction of sp³-hybridized carbons (Fsp3) is 0.708.